The lowest BCUT2D eigenvalue weighted by Gasteiger charge is -1.99. The zero-order chi connectivity index (χ0) is 9.68. The molecule has 0 radical (unpaired) electrons. The molecule has 0 fully saturated rings. The number of aryl methyl sites for hydroxylation is 1. The summed E-state index contributed by atoms with van der Waals surface area (Å²) in [5.41, 5.74) is 1.80. The number of thiocyanates is 1. The summed E-state index contributed by atoms with van der Waals surface area (Å²) in [7, 11) is 0. The van der Waals surface area contributed by atoms with Gasteiger partial charge in [0.1, 0.15) is 5.40 Å². The molecule has 1 rings (SSSR count). The normalized spacial score (nSPS) is 8.62. The van der Waals surface area contributed by atoms with Crippen molar-refractivity contribution in [3.8, 4) is 5.40 Å². The van der Waals surface area contributed by atoms with E-state index in [2.05, 4.69) is 22.4 Å². The smallest absolute Gasteiger partial charge is 0.138 e. The van der Waals surface area contributed by atoms with Crippen molar-refractivity contribution in [3.63, 3.8) is 0 Å². The highest BCUT2D eigenvalue weighted by Crippen LogP contribution is 2.25. The standard InChI is InChI=1S/C9H6N2S2/c1-7-2-3-8(13-5-10)4-9(7)11-6-12/h2-4H,1H3. The number of thiocarbonyl (C=S) groups is 1. The first-order chi connectivity index (χ1) is 6.27. The van der Waals surface area contributed by atoms with Crippen LogP contribution < -0.4 is 0 Å². The van der Waals surface area contributed by atoms with Crippen molar-refractivity contribution in [2.45, 2.75) is 11.8 Å². The molecule has 1 aromatic carbocycles. The first-order valence-corrected chi connectivity index (χ1v) is 4.75. The van der Waals surface area contributed by atoms with Crippen LogP contribution in [-0.4, -0.2) is 5.16 Å². The predicted molar refractivity (Wildman–Crippen MR) is 57.3 cm³/mol. The number of aliphatic imine (C=N–C) groups is 1. The quantitative estimate of drug-likeness (QED) is 0.322. The van der Waals surface area contributed by atoms with E-state index in [4.69, 9.17) is 5.26 Å². The molecular weight excluding hydrogens is 200 g/mol. The monoisotopic (exact) mass is 206 g/mol. The number of isothiocyanates is 1. The topological polar surface area (TPSA) is 36.1 Å². The van der Waals surface area contributed by atoms with Crippen LogP contribution in [0.3, 0.4) is 0 Å². The third-order valence-corrected chi connectivity index (χ3v) is 2.18. The summed E-state index contributed by atoms with van der Waals surface area (Å²) >= 11 is 5.62. The highest BCUT2D eigenvalue weighted by Gasteiger charge is 1.98. The van der Waals surface area contributed by atoms with Crippen LogP contribution in [0.5, 0.6) is 0 Å². The minimum Gasteiger partial charge on any atom is -0.194 e. The second-order valence-corrected chi connectivity index (χ2v) is 3.39. The Bertz CT molecular complexity index is 401. The van der Waals surface area contributed by atoms with Crippen molar-refractivity contribution in [1.82, 2.24) is 0 Å². The van der Waals surface area contributed by atoms with Gasteiger partial charge < -0.3 is 0 Å². The highest BCUT2D eigenvalue weighted by atomic mass is 32.2. The van der Waals surface area contributed by atoms with Crippen molar-refractivity contribution in [2.24, 2.45) is 4.99 Å². The van der Waals surface area contributed by atoms with Crippen LogP contribution in [0.25, 0.3) is 0 Å². The van der Waals surface area contributed by atoms with E-state index in [0.717, 1.165) is 27.9 Å². The summed E-state index contributed by atoms with van der Waals surface area (Å²) in [6.07, 6.45) is 0. The predicted octanol–water partition coefficient (Wildman–Crippen LogP) is 3.30. The number of nitrogens with zero attached hydrogens (tertiary/aromatic N) is 2. The largest absolute Gasteiger partial charge is 0.194 e. The first-order valence-electron chi connectivity index (χ1n) is 3.52. The maximum Gasteiger partial charge on any atom is 0.138 e. The van der Waals surface area contributed by atoms with Gasteiger partial charge >= 0.3 is 0 Å². The van der Waals surface area contributed by atoms with E-state index in [1.54, 1.807) is 0 Å². The molecule has 13 heavy (non-hydrogen) atoms. The van der Waals surface area contributed by atoms with Crippen molar-refractivity contribution in [3.05, 3.63) is 23.8 Å². The van der Waals surface area contributed by atoms with E-state index in [0.29, 0.717) is 0 Å². The minimum atomic E-state index is 0.773. The van der Waals surface area contributed by atoms with Gasteiger partial charge in [0, 0.05) is 4.90 Å². The van der Waals surface area contributed by atoms with E-state index < -0.39 is 0 Å². The number of nitriles is 1. The highest BCUT2D eigenvalue weighted by molar-refractivity contribution is 8.03. The molecule has 4 heteroatoms. The zero-order valence-corrected chi connectivity index (χ0v) is 8.58. The van der Waals surface area contributed by atoms with Gasteiger partial charge in [0.2, 0.25) is 0 Å². The van der Waals surface area contributed by atoms with Crippen molar-refractivity contribution < 1.29 is 0 Å². The maximum atomic E-state index is 8.46. The van der Waals surface area contributed by atoms with Crippen LogP contribution in [0.2, 0.25) is 0 Å². The van der Waals surface area contributed by atoms with Crippen LogP contribution in [0, 0.1) is 17.6 Å². The van der Waals surface area contributed by atoms with E-state index >= 15 is 0 Å². The molecule has 0 saturated heterocycles. The SMILES string of the molecule is Cc1ccc(SC#N)cc1N=C=S. The van der Waals surface area contributed by atoms with Crippen molar-refractivity contribution >= 4 is 34.8 Å². The second-order valence-electron chi connectivity index (χ2n) is 2.34. The van der Waals surface area contributed by atoms with Gasteiger partial charge in [-0.1, -0.05) is 6.07 Å². The summed E-state index contributed by atoms with van der Waals surface area (Å²) < 4.78 is 0. The summed E-state index contributed by atoms with van der Waals surface area (Å²) in [6.45, 7) is 1.94. The Morgan fingerprint density at radius 1 is 1.54 bits per heavy atom. The number of thioether (sulfide) groups is 1. The molecular formula is C9H6N2S2. The first kappa shape index (κ1) is 9.94. The summed E-state index contributed by atoms with van der Waals surface area (Å²) in [6, 6.07) is 5.61. The molecule has 0 spiro atoms. The number of hydrogen-bond donors (Lipinski definition) is 0. The Hall–Kier alpha value is -1.14. The average Bonchev–Trinajstić information content (AvgIpc) is 2.12. The van der Waals surface area contributed by atoms with E-state index in [9.17, 15) is 0 Å². The third kappa shape index (κ3) is 2.67. The van der Waals surface area contributed by atoms with E-state index in [-0.39, 0.29) is 0 Å². The lowest BCUT2D eigenvalue weighted by atomic mass is 10.2. The van der Waals surface area contributed by atoms with Crippen LogP contribution >= 0.6 is 24.0 Å². The molecule has 0 heterocycles. The summed E-state index contributed by atoms with van der Waals surface area (Å²) in [5, 5.41) is 12.8. The molecule has 0 amide bonds. The molecule has 0 bridgehead atoms. The fourth-order valence-corrected chi connectivity index (χ4v) is 1.39. The van der Waals surface area contributed by atoms with Crippen molar-refractivity contribution in [1.29, 1.82) is 5.26 Å². The van der Waals surface area contributed by atoms with Gasteiger partial charge in [-0.15, -0.1) is 0 Å². The van der Waals surface area contributed by atoms with Gasteiger partial charge in [0.05, 0.1) is 10.8 Å². The van der Waals surface area contributed by atoms with Gasteiger partial charge in [-0.3, -0.25) is 0 Å². The van der Waals surface area contributed by atoms with Gasteiger partial charge in [-0.25, -0.2) is 0 Å². The van der Waals surface area contributed by atoms with Gasteiger partial charge in [-0.2, -0.15) is 10.3 Å². The van der Waals surface area contributed by atoms with Crippen LogP contribution in [0.4, 0.5) is 5.69 Å². The van der Waals surface area contributed by atoms with Gasteiger partial charge in [-0.05, 0) is 48.6 Å². The Labute approximate surface area is 86.3 Å². The molecule has 0 N–H and O–H groups in total. The Kier molecular flexibility index (Phi) is 3.66. The fourth-order valence-electron chi connectivity index (χ4n) is 0.875. The molecule has 0 unspecified atom stereocenters. The Balaban J connectivity index is 3.12. The molecule has 64 valence electrons. The van der Waals surface area contributed by atoms with Crippen molar-refractivity contribution in [2.75, 3.05) is 0 Å². The van der Waals surface area contributed by atoms with E-state index in [1.807, 2.05) is 30.5 Å². The number of benzene rings is 1. The third-order valence-electron chi connectivity index (χ3n) is 1.51. The maximum absolute atomic E-state index is 8.46. The summed E-state index contributed by atoms with van der Waals surface area (Å²) in [5.74, 6) is 0. The molecule has 0 aromatic heterocycles. The van der Waals surface area contributed by atoms with Gasteiger partial charge in [0.25, 0.3) is 0 Å². The Morgan fingerprint density at radius 2 is 2.31 bits per heavy atom. The summed E-state index contributed by atoms with van der Waals surface area (Å²) in [4.78, 5) is 4.76. The van der Waals surface area contributed by atoms with Crippen LogP contribution in [0.1, 0.15) is 5.56 Å². The fraction of sp³-hybridized carbons (Fsp3) is 0.111. The number of rotatable bonds is 2. The van der Waals surface area contributed by atoms with Gasteiger partial charge in [0.15, 0.2) is 0 Å². The molecule has 1 aromatic rings. The molecule has 0 atom stereocenters. The molecule has 0 saturated carbocycles. The number of hydrogen-bond acceptors (Lipinski definition) is 4. The average molecular weight is 206 g/mol. The van der Waals surface area contributed by atoms with E-state index in [1.165, 1.54) is 0 Å². The molecule has 0 aliphatic heterocycles. The van der Waals surface area contributed by atoms with Crippen LogP contribution in [0.15, 0.2) is 28.1 Å². The zero-order valence-electron chi connectivity index (χ0n) is 6.94. The lowest BCUT2D eigenvalue weighted by Crippen LogP contribution is -1.75. The molecule has 2 nitrogen and oxygen atoms in total. The van der Waals surface area contributed by atoms with Crippen LogP contribution in [-0.2, 0) is 0 Å². The lowest BCUT2D eigenvalue weighted by molar-refractivity contribution is 1.34. The second kappa shape index (κ2) is 4.78. The minimum absolute atomic E-state index is 0.773. The molecule has 0 aliphatic rings. The molecule has 0 aliphatic carbocycles. The Morgan fingerprint density at radius 3 is 2.92 bits per heavy atom.